The SMILES string of the molecule is [C-]#[N+]c1cccc(-c2ccc(C(=O)CN3C(=O)NC4(CCCCC4)C3=O)cn2)c1. The highest BCUT2D eigenvalue weighted by molar-refractivity contribution is 6.11. The Kier molecular flexibility index (Phi) is 4.85. The maximum Gasteiger partial charge on any atom is 0.325 e. The first-order valence-electron chi connectivity index (χ1n) is 9.64. The first-order valence-corrected chi connectivity index (χ1v) is 9.64. The number of ketones is 1. The summed E-state index contributed by atoms with van der Waals surface area (Å²) < 4.78 is 0. The molecule has 1 aromatic carbocycles. The van der Waals surface area contributed by atoms with Gasteiger partial charge in [0.15, 0.2) is 11.5 Å². The van der Waals surface area contributed by atoms with Crippen LogP contribution in [0.3, 0.4) is 0 Å². The van der Waals surface area contributed by atoms with Crippen LogP contribution in [0, 0.1) is 6.57 Å². The molecule has 0 atom stereocenters. The Labute approximate surface area is 168 Å². The molecule has 1 saturated carbocycles. The van der Waals surface area contributed by atoms with Gasteiger partial charge in [0.1, 0.15) is 5.54 Å². The van der Waals surface area contributed by atoms with E-state index in [4.69, 9.17) is 6.57 Å². The molecule has 0 unspecified atom stereocenters. The fraction of sp³-hybridized carbons (Fsp3) is 0.318. The van der Waals surface area contributed by atoms with Crippen molar-refractivity contribution in [2.75, 3.05) is 6.54 Å². The van der Waals surface area contributed by atoms with Crippen molar-refractivity contribution in [1.29, 1.82) is 0 Å². The second kappa shape index (κ2) is 7.47. The molecule has 1 N–H and O–H groups in total. The van der Waals surface area contributed by atoms with Crippen LogP contribution in [-0.2, 0) is 4.79 Å². The molecule has 2 aliphatic rings. The lowest BCUT2D eigenvalue weighted by Crippen LogP contribution is -2.48. The van der Waals surface area contributed by atoms with Crippen LogP contribution in [0.15, 0.2) is 42.6 Å². The number of nitrogens with one attached hydrogen (secondary N) is 1. The van der Waals surface area contributed by atoms with E-state index in [0.29, 0.717) is 29.8 Å². The lowest BCUT2D eigenvalue weighted by atomic mass is 9.82. The molecular formula is C22H20N4O3. The number of carbonyl (C=O) groups is 3. The van der Waals surface area contributed by atoms with Crippen molar-refractivity contribution in [3.05, 3.63) is 59.6 Å². The van der Waals surface area contributed by atoms with Gasteiger partial charge in [0, 0.05) is 11.8 Å². The third-order valence-electron chi connectivity index (χ3n) is 5.61. The average molecular weight is 388 g/mol. The summed E-state index contributed by atoms with van der Waals surface area (Å²) in [4.78, 5) is 46.5. The molecule has 2 aromatic rings. The first-order chi connectivity index (χ1) is 14.0. The van der Waals surface area contributed by atoms with Crippen molar-refractivity contribution in [3.63, 3.8) is 0 Å². The Morgan fingerprint density at radius 1 is 1.17 bits per heavy atom. The summed E-state index contributed by atoms with van der Waals surface area (Å²) in [6.07, 6.45) is 5.55. The van der Waals surface area contributed by atoms with Crippen LogP contribution in [0.25, 0.3) is 16.1 Å². The Morgan fingerprint density at radius 3 is 2.66 bits per heavy atom. The highest BCUT2D eigenvalue weighted by Gasteiger charge is 2.51. The molecule has 146 valence electrons. The second-order valence-electron chi connectivity index (χ2n) is 7.48. The third kappa shape index (κ3) is 3.49. The van der Waals surface area contributed by atoms with Crippen LogP contribution < -0.4 is 5.32 Å². The first kappa shape index (κ1) is 18.8. The van der Waals surface area contributed by atoms with Gasteiger partial charge >= 0.3 is 6.03 Å². The molecule has 1 aliphatic carbocycles. The fourth-order valence-electron chi connectivity index (χ4n) is 4.01. The van der Waals surface area contributed by atoms with E-state index < -0.39 is 11.6 Å². The number of benzene rings is 1. The lowest BCUT2D eigenvalue weighted by molar-refractivity contribution is -0.132. The van der Waals surface area contributed by atoms with E-state index in [1.54, 1.807) is 30.3 Å². The molecule has 7 nitrogen and oxygen atoms in total. The van der Waals surface area contributed by atoms with Crippen molar-refractivity contribution in [2.24, 2.45) is 0 Å². The van der Waals surface area contributed by atoms with Gasteiger partial charge in [0.05, 0.1) is 18.8 Å². The predicted octanol–water partition coefficient (Wildman–Crippen LogP) is 3.74. The molecule has 1 spiro atoms. The van der Waals surface area contributed by atoms with Crippen molar-refractivity contribution in [1.82, 2.24) is 15.2 Å². The normalized spacial score (nSPS) is 17.8. The number of imide groups is 1. The largest absolute Gasteiger partial charge is 0.325 e. The average Bonchev–Trinajstić information content (AvgIpc) is 2.98. The minimum absolute atomic E-state index is 0.291. The zero-order valence-corrected chi connectivity index (χ0v) is 15.9. The Morgan fingerprint density at radius 2 is 1.97 bits per heavy atom. The molecule has 4 rings (SSSR count). The van der Waals surface area contributed by atoms with E-state index in [-0.39, 0.29) is 18.2 Å². The fourth-order valence-corrected chi connectivity index (χ4v) is 4.01. The number of hydrogen-bond donors (Lipinski definition) is 1. The van der Waals surface area contributed by atoms with Gasteiger partial charge in [-0.3, -0.25) is 19.5 Å². The zero-order valence-electron chi connectivity index (χ0n) is 15.9. The van der Waals surface area contributed by atoms with Crippen LogP contribution in [0.4, 0.5) is 10.5 Å². The number of hydrogen-bond acceptors (Lipinski definition) is 4. The summed E-state index contributed by atoms with van der Waals surface area (Å²) in [5, 5.41) is 2.81. The van der Waals surface area contributed by atoms with E-state index in [9.17, 15) is 14.4 Å². The third-order valence-corrected chi connectivity index (χ3v) is 5.61. The molecule has 7 heteroatoms. The number of urea groups is 1. The van der Waals surface area contributed by atoms with Gasteiger partial charge in [-0.05, 0) is 36.6 Å². The van der Waals surface area contributed by atoms with Crippen LogP contribution >= 0.6 is 0 Å². The van der Waals surface area contributed by atoms with Crippen LogP contribution in [-0.4, -0.2) is 39.7 Å². The Bertz CT molecular complexity index is 1020. The molecule has 1 saturated heterocycles. The quantitative estimate of drug-likeness (QED) is 0.491. The number of nitrogens with zero attached hydrogens (tertiary/aromatic N) is 3. The topological polar surface area (TPSA) is 83.7 Å². The smallest absolute Gasteiger partial charge is 0.323 e. The summed E-state index contributed by atoms with van der Waals surface area (Å²) in [5.74, 6) is -0.633. The second-order valence-corrected chi connectivity index (χ2v) is 7.48. The summed E-state index contributed by atoms with van der Waals surface area (Å²) in [6, 6.07) is 9.90. The molecule has 0 bridgehead atoms. The number of aromatic nitrogens is 1. The minimum Gasteiger partial charge on any atom is -0.323 e. The summed E-state index contributed by atoms with van der Waals surface area (Å²) in [7, 11) is 0. The molecular weight excluding hydrogens is 368 g/mol. The monoisotopic (exact) mass is 388 g/mol. The maximum atomic E-state index is 12.8. The number of rotatable bonds is 4. The van der Waals surface area contributed by atoms with E-state index in [0.717, 1.165) is 29.7 Å². The van der Waals surface area contributed by atoms with Gasteiger partial charge in [0.2, 0.25) is 0 Å². The highest BCUT2D eigenvalue weighted by atomic mass is 16.2. The van der Waals surface area contributed by atoms with Crippen molar-refractivity contribution in [3.8, 4) is 11.3 Å². The van der Waals surface area contributed by atoms with Gasteiger partial charge in [-0.1, -0.05) is 37.5 Å². The van der Waals surface area contributed by atoms with Gasteiger partial charge in [0.25, 0.3) is 5.91 Å². The highest BCUT2D eigenvalue weighted by Crippen LogP contribution is 2.33. The standard InChI is InChI=1S/C22H20N4O3/c1-23-17-7-5-6-15(12-17)18-9-8-16(13-24-18)19(27)14-26-20(28)22(25-21(26)29)10-3-2-4-11-22/h5-9,12-13H,2-4,10-11,14H2,(H,25,29). The summed E-state index contributed by atoms with van der Waals surface area (Å²) in [5.41, 5.74) is 1.44. The van der Waals surface area contributed by atoms with Crippen LogP contribution in [0.1, 0.15) is 42.5 Å². The Hall–Kier alpha value is -3.53. The van der Waals surface area contributed by atoms with Gasteiger partial charge in [-0.2, -0.15) is 0 Å². The number of amides is 3. The molecule has 1 aromatic heterocycles. The molecule has 3 amide bonds. The minimum atomic E-state index is -0.828. The molecule has 1 aliphatic heterocycles. The van der Waals surface area contributed by atoms with Gasteiger partial charge in [-0.25, -0.2) is 9.64 Å². The summed E-state index contributed by atoms with van der Waals surface area (Å²) in [6.45, 7) is 6.81. The van der Waals surface area contributed by atoms with E-state index in [2.05, 4.69) is 15.1 Å². The zero-order chi connectivity index (χ0) is 20.4. The van der Waals surface area contributed by atoms with Gasteiger partial charge < -0.3 is 5.32 Å². The van der Waals surface area contributed by atoms with Crippen LogP contribution in [0.5, 0.6) is 0 Å². The number of Topliss-reactive ketones (excluding diaryl/α,β-unsaturated/α-hetero) is 1. The van der Waals surface area contributed by atoms with Crippen molar-refractivity contribution in [2.45, 2.75) is 37.6 Å². The summed E-state index contributed by atoms with van der Waals surface area (Å²) >= 11 is 0. The van der Waals surface area contributed by atoms with E-state index in [1.165, 1.54) is 6.20 Å². The van der Waals surface area contributed by atoms with Crippen molar-refractivity contribution < 1.29 is 14.4 Å². The van der Waals surface area contributed by atoms with E-state index in [1.807, 2.05) is 6.07 Å². The predicted molar refractivity (Wildman–Crippen MR) is 106 cm³/mol. The molecule has 0 radical (unpaired) electrons. The molecule has 29 heavy (non-hydrogen) atoms. The van der Waals surface area contributed by atoms with Gasteiger partial charge in [-0.15, -0.1) is 0 Å². The lowest BCUT2D eigenvalue weighted by Gasteiger charge is -2.30. The maximum absolute atomic E-state index is 12.8. The Balaban J connectivity index is 1.48. The molecule has 2 fully saturated rings. The number of carbonyl (C=O) groups excluding carboxylic acids is 3. The molecule has 2 heterocycles. The number of pyridine rings is 1. The van der Waals surface area contributed by atoms with E-state index >= 15 is 0 Å². The van der Waals surface area contributed by atoms with Crippen LogP contribution in [0.2, 0.25) is 0 Å². The van der Waals surface area contributed by atoms with Crippen molar-refractivity contribution >= 4 is 23.4 Å².